The summed E-state index contributed by atoms with van der Waals surface area (Å²) in [5, 5.41) is 3.69. The van der Waals surface area contributed by atoms with E-state index in [0.29, 0.717) is 0 Å². The molecule has 1 saturated heterocycles. The average Bonchev–Trinajstić information content (AvgIpc) is 2.92. The van der Waals surface area contributed by atoms with Gasteiger partial charge in [0.15, 0.2) is 0 Å². The first kappa shape index (κ1) is 14.3. The minimum Gasteiger partial charge on any atom is -0.334 e. The number of piperazine rings is 1. The quantitative estimate of drug-likeness (QED) is 0.932. The summed E-state index contributed by atoms with van der Waals surface area (Å²) in [5.41, 5.74) is 1.41. The monoisotopic (exact) mass is 284 g/mol. The van der Waals surface area contributed by atoms with Crippen LogP contribution in [0.1, 0.15) is 18.3 Å². The van der Waals surface area contributed by atoms with Gasteiger partial charge in [0.1, 0.15) is 5.82 Å². The maximum Gasteiger partial charge on any atom is 0.105 e. The van der Waals surface area contributed by atoms with Crippen LogP contribution in [-0.2, 0) is 12.1 Å². The molecular weight excluding hydrogens is 260 g/mol. The molecule has 1 aromatic carbocycles. The average molecular weight is 284 g/mol. The second-order valence-corrected chi connectivity index (χ2v) is 6.07. The van der Waals surface area contributed by atoms with Crippen molar-refractivity contribution in [2.24, 2.45) is 0 Å². The van der Waals surface area contributed by atoms with Crippen LogP contribution < -0.4 is 5.32 Å². The van der Waals surface area contributed by atoms with Crippen molar-refractivity contribution in [3.8, 4) is 0 Å². The zero-order valence-electron chi connectivity index (χ0n) is 12.9. The Balaban J connectivity index is 1.64. The van der Waals surface area contributed by atoms with Gasteiger partial charge >= 0.3 is 0 Å². The van der Waals surface area contributed by atoms with Crippen molar-refractivity contribution in [2.45, 2.75) is 25.9 Å². The first-order chi connectivity index (χ1) is 10.2. The number of hydrogen-bond acceptors (Lipinski definition) is 3. The molecule has 0 spiro atoms. The third kappa shape index (κ3) is 3.17. The molecule has 2 heterocycles. The number of benzene rings is 1. The van der Waals surface area contributed by atoms with Crippen LogP contribution in [-0.4, -0.2) is 40.6 Å². The Bertz CT molecular complexity index is 577. The topological polar surface area (TPSA) is 33.1 Å². The predicted molar refractivity (Wildman–Crippen MR) is 85.2 cm³/mol. The second kappa shape index (κ2) is 6.00. The summed E-state index contributed by atoms with van der Waals surface area (Å²) in [4.78, 5) is 6.83. The predicted octanol–water partition coefficient (Wildman–Crippen LogP) is 2.01. The van der Waals surface area contributed by atoms with Gasteiger partial charge in [0, 0.05) is 45.1 Å². The van der Waals surface area contributed by atoms with Gasteiger partial charge in [0.2, 0.25) is 0 Å². The molecule has 4 nitrogen and oxygen atoms in total. The highest BCUT2D eigenvalue weighted by Gasteiger charge is 2.31. The Labute approximate surface area is 126 Å². The highest BCUT2D eigenvalue weighted by molar-refractivity contribution is 5.24. The Hall–Kier alpha value is -1.65. The molecule has 1 aromatic heterocycles. The number of nitrogens with zero attached hydrogens (tertiary/aromatic N) is 3. The van der Waals surface area contributed by atoms with E-state index in [1.807, 2.05) is 6.20 Å². The lowest BCUT2D eigenvalue weighted by atomic mass is 9.89. The normalized spacial score (nSPS) is 23.3. The Morgan fingerprint density at radius 1 is 1.24 bits per heavy atom. The van der Waals surface area contributed by atoms with Crippen LogP contribution >= 0.6 is 0 Å². The van der Waals surface area contributed by atoms with Crippen LogP contribution in [0, 0.1) is 6.92 Å². The summed E-state index contributed by atoms with van der Waals surface area (Å²) in [7, 11) is 0. The minimum absolute atomic E-state index is 0.0451. The van der Waals surface area contributed by atoms with E-state index in [2.05, 4.69) is 70.1 Å². The number of imidazole rings is 1. The number of hydrogen-bond donors (Lipinski definition) is 1. The van der Waals surface area contributed by atoms with Crippen LogP contribution in [0.4, 0.5) is 0 Å². The highest BCUT2D eigenvalue weighted by atomic mass is 15.2. The van der Waals surface area contributed by atoms with E-state index in [4.69, 9.17) is 0 Å². The molecule has 112 valence electrons. The van der Waals surface area contributed by atoms with Gasteiger partial charge in [-0.05, 0) is 19.4 Å². The molecular formula is C17H24N4. The van der Waals surface area contributed by atoms with E-state index in [0.717, 1.165) is 38.5 Å². The Morgan fingerprint density at radius 2 is 2.05 bits per heavy atom. The lowest BCUT2D eigenvalue weighted by Crippen LogP contribution is -2.57. The summed E-state index contributed by atoms with van der Waals surface area (Å²) in [6, 6.07) is 10.8. The van der Waals surface area contributed by atoms with Crippen molar-refractivity contribution in [1.29, 1.82) is 0 Å². The Morgan fingerprint density at radius 3 is 2.76 bits per heavy atom. The van der Waals surface area contributed by atoms with Gasteiger partial charge in [-0.1, -0.05) is 30.3 Å². The van der Waals surface area contributed by atoms with E-state index in [1.165, 1.54) is 5.56 Å². The lowest BCUT2D eigenvalue weighted by molar-refractivity contribution is 0.138. The van der Waals surface area contributed by atoms with Gasteiger partial charge in [-0.25, -0.2) is 4.98 Å². The smallest absolute Gasteiger partial charge is 0.105 e. The van der Waals surface area contributed by atoms with Crippen LogP contribution in [0.15, 0.2) is 42.7 Å². The van der Waals surface area contributed by atoms with Crippen LogP contribution in [0.2, 0.25) is 0 Å². The number of aryl methyl sites for hydroxylation is 1. The number of rotatable bonds is 4. The van der Waals surface area contributed by atoms with Gasteiger partial charge in [0.05, 0.1) is 5.54 Å². The molecule has 3 rings (SSSR count). The summed E-state index contributed by atoms with van der Waals surface area (Å²) in [6.07, 6.45) is 3.94. The fourth-order valence-electron chi connectivity index (χ4n) is 3.15. The molecule has 1 N–H and O–H groups in total. The zero-order valence-corrected chi connectivity index (χ0v) is 12.9. The van der Waals surface area contributed by atoms with Crippen LogP contribution in [0.25, 0.3) is 0 Å². The summed E-state index contributed by atoms with van der Waals surface area (Å²) >= 11 is 0. The van der Waals surface area contributed by atoms with E-state index in [9.17, 15) is 0 Å². The molecule has 1 aliphatic heterocycles. The van der Waals surface area contributed by atoms with Crippen molar-refractivity contribution in [3.63, 3.8) is 0 Å². The van der Waals surface area contributed by atoms with Crippen molar-refractivity contribution < 1.29 is 0 Å². The van der Waals surface area contributed by atoms with Crippen molar-refractivity contribution in [3.05, 3.63) is 54.1 Å². The van der Waals surface area contributed by atoms with Gasteiger partial charge in [-0.3, -0.25) is 4.90 Å². The van der Waals surface area contributed by atoms with E-state index < -0.39 is 0 Å². The summed E-state index contributed by atoms with van der Waals surface area (Å²) in [5.74, 6) is 1.09. The summed E-state index contributed by atoms with van der Waals surface area (Å²) in [6.45, 7) is 9.63. The molecule has 2 aromatic rings. The van der Waals surface area contributed by atoms with Gasteiger partial charge in [0.25, 0.3) is 0 Å². The van der Waals surface area contributed by atoms with Crippen molar-refractivity contribution in [1.82, 2.24) is 19.8 Å². The molecule has 0 bridgehead atoms. The molecule has 0 aliphatic carbocycles. The van der Waals surface area contributed by atoms with Gasteiger partial charge in [-0.15, -0.1) is 0 Å². The lowest BCUT2D eigenvalue weighted by Gasteiger charge is -2.42. The largest absolute Gasteiger partial charge is 0.334 e. The fraction of sp³-hybridized carbons (Fsp3) is 0.471. The van der Waals surface area contributed by atoms with Crippen molar-refractivity contribution in [2.75, 3.05) is 26.2 Å². The first-order valence-corrected chi connectivity index (χ1v) is 7.68. The molecule has 1 aliphatic rings. The molecule has 21 heavy (non-hydrogen) atoms. The third-order valence-electron chi connectivity index (χ3n) is 4.47. The van der Waals surface area contributed by atoms with E-state index in [1.54, 1.807) is 0 Å². The number of nitrogens with one attached hydrogen (secondary N) is 1. The minimum atomic E-state index is 0.0451. The fourth-order valence-corrected chi connectivity index (χ4v) is 3.15. The molecule has 1 fully saturated rings. The van der Waals surface area contributed by atoms with Crippen molar-refractivity contribution >= 4 is 0 Å². The molecule has 0 saturated carbocycles. The maximum absolute atomic E-state index is 4.29. The SMILES string of the molecule is Cc1nccn1CCN1CCNC(C)(c2ccccc2)C1. The molecule has 0 radical (unpaired) electrons. The molecule has 0 amide bonds. The first-order valence-electron chi connectivity index (χ1n) is 7.68. The van der Waals surface area contributed by atoms with Gasteiger partial charge < -0.3 is 9.88 Å². The zero-order chi connectivity index (χ0) is 14.7. The second-order valence-electron chi connectivity index (χ2n) is 6.07. The van der Waals surface area contributed by atoms with E-state index in [-0.39, 0.29) is 5.54 Å². The maximum atomic E-state index is 4.29. The molecule has 1 atom stereocenters. The van der Waals surface area contributed by atoms with Crippen LogP contribution in [0.5, 0.6) is 0 Å². The third-order valence-corrected chi connectivity index (χ3v) is 4.47. The molecule has 1 unspecified atom stereocenters. The van der Waals surface area contributed by atoms with Crippen LogP contribution in [0.3, 0.4) is 0 Å². The summed E-state index contributed by atoms with van der Waals surface area (Å²) < 4.78 is 2.22. The molecule has 4 heteroatoms. The highest BCUT2D eigenvalue weighted by Crippen LogP contribution is 2.24. The van der Waals surface area contributed by atoms with E-state index >= 15 is 0 Å². The Kier molecular flexibility index (Phi) is 4.08. The standard InChI is InChI=1S/C17H24N4/c1-15-18-8-11-21(15)13-12-20-10-9-19-17(2,14-20)16-6-4-3-5-7-16/h3-8,11,19H,9-10,12-14H2,1-2H3. The van der Waals surface area contributed by atoms with Gasteiger partial charge in [-0.2, -0.15) is 0 Å². The number of aromatic nitrogens is 2.